The number of nitrogens with zero attached hydrogens (tertiary/aromatic N) is 2. The highest BCUT2D eigenvalue weighted by atomic mass is 19.2. The van der Waals surface area contributed by atoms with Crippen LogP contribution in [0.3, 0.4) is 0 Å². The first-order chi connectivity index (χ1) is 19.2. The summed E-state index contributed by atoms with van der Waals surface area (Å²) >= 11 is 0. The van der Waals surface area contributed by atoms with Crippen molar-refractivity contribution in [2.45, 2.75) is 63.1 Å². The second-order valence-corrected chi connectivity index (χ2v) is 10.9. The number of benzene rings is 2. The zero-order valence-electron chi connectivity index (χ0n) is 22.0. The maximum Gasteiger partial charge on any atom is 0.247 e. The number of primary amides is 1. The molecule has 0 radical (unpaired) electrons. The summed E-state index contributed by atoms with van der Waals surface area (Å²) < 4.78 is 40.5. The van der Waals surface area contributed by atoms with Crippen LogP contribution in [0.15, 0.2) is 48.7 Å². The van der Waals surface area contributed by atoms with Crippen molar-refractivity contribution in [2.24, 2.45) is 11.7 Å². The van der Waals surface area contributed by atoms with Gasteiger partial charge in [0.1, 0.15) is 6.17 Å². The zero-order chi connectivity index (χ0) is 28.4. The zero-order valence-corrected chi connectivity index (χ0v) is 22.0. The van der Waals surface area contributed by atoms with Crippen LogP contribution in [-0.4, -0.2) is 50.7 Å². The predicted molar refractivity (Wildman–Crippen MR) is 144 cm³/mol. The first-order valence-corrected chi connectivity index (χ1v) is 13.7. The highest BCUT2D eigenvalue weighted by Gasteiger charge is 2.39. The lowest BCUT2D eigenvalue weighted by Crippen LogP contribution is -2.57. The number of halogens is 3. The van der Waals surface area contributed by atoms with E-state index in [1.165, 1.54) is 27.0 Å². The van der Waals surface area contributed by atoms with Gasteiger partial charge in [-0.1, -0.05) is 18.2 Å². The minimum atomic E-state index is -1.57. The maximum atomic E-state index is 13.6. The molecule has 2 amide bonds. The largest absolute Gasteiger partial charge is 0.370 e. The first-order valence-electron chi connectivity index (χ1n) is 13.7. The molecule has 2 heterocycles. The number of hydrogen-bond donors (Lipinski definition) is 3. The number of hydroxylamine groups is 2. The molecule has 1 aromatic heterocycles. The fraction of sp³-hybridized carbons (Fsp3) is 0.400. The number of rotatable bonds is 7. The molecule has 0 bridgehead atoms. The number of likely N-dealkylation sites (tertiary alicyclic amines) is 1. The van der Waals surface area contributed by atoms with Gasteiger partial charge in [0.05, 0.1) is 0 Å². The van der Waals surface area contributed by atoms with E-state index in [9.17, 15) is 28.0 Å². The Hall–Kier alpha value is -3.63. The lowest BCUT2D eigenvalue weighted by molar-refractivity contribution is -0.217. The number of piperidine rings is 1. The molecule has 5 rings (SSSR count). The van der Waals surface area contributed by atoms with Crippen LogP contribution >= 0.6 is 0 Å². The number of para-hydroxylation sites is 1. The van der Waals surface area contributed by atoms with E-state index >= 15 is 0 Å². The number of nitrogens with one attached hydrogen (secondary N) is 1. The van der Waals surface area contributed by atoms with Crippen molar-refractivity contribution in [1.29, 1.82) is 0 Å². The third-order valence-corrected chi connectivity index (χ3v) is 8.32. The predicted octanol–water partition coefficient (Wildman–Crippen LogP) is 5.46. The Kier molecular flexibility index (Phi) is 8.27. The fourth-order valence-corrected chi connectivity index (χ4v) is 6.25. The molecule has 2 aromatic carbocycles. The van der Waals surface area contributed by atoms with Crippen molar-refractivity contribution in [2.75, 3.05) is 6.54 Å². The van der Waals surface area contributed by atoms with Crippen LogP contribution in [0.4, 0.5) is 13.2 Å². The Morgan fingerprint density at radius 2 is 1.77 bits per heavy atom. The first kappa shape index (κ1) is 27.9. The number of carbonyl (C=O) groups excluding carboxylic acids is 2. The number of nitrogens with two attached hydrogens (primary N) is 1. The summed E-state index contributed by atoms with van der Waals surface area (Å²) in [6, 6.07) is 9.62. The Morgan fingerprint density at radius 3 is 2.48 bits per heavy atom. The summed E-state index contributed by atoms with van der Waals surface area (Å²) in [7, 11) is 0. The fourth-order valence-electron chi connectivity index (χ4n) is 6.25. The summed E-state index contributed by atoms with van der Waals surface area (Å²) in [5.74, 6) is -4.90. The van der Waals surface area contributed by atoms with Crippen LogP contribution in [0.2, 0.25) is 0 Å². The molecular weight excluding hydrogens is 521 g/mol. The van der Waals surface area contributed by atoms with Crippen LogP contribution in [0.25, 0.3) is 17.0 Å². The van der Waals surface area contributed by atoms with Gasteiger partial charge in [0.2, 0.25) is 11.8 Å². The monoisotopic (exact) mass is 554 g/mol. The molecule has 10 heteroatoms. The van der Waals surface area contributed by atoms with E-state index in [2.05, 4.69) is 23.3 Å². The molecule has 1 aliphatic heterocycles. The van der Waals surface area contributed by atoms with E-state index in [1.807, 2.05) is 12.1 Å². The molecule has 1 saturated carbocycles. The van der Waals surface area contributed by atoms with Gasteiger partial charge < -0.3 is 20.8 Å². The van der Waals surface area contributed by atoms with Gasteiger partial charge in [-0.15, -0.1) is 0 Å². The van der Waals surface area contributed by atoms with E-state index in [-0.39, 0.29) is 30.5 Å². The number of H-pyrrole nitrogens is 1. The van der Waals surface area contributed by atoms with E-state index in [0.717, 1.165) is 49.4 Å². The normalized spacial score (nSPS) is 23.8. The molecule has 40 heavy (non-hydrogen) atoms. The van der Waals surface area contributed by atoms with Crippen LogP contribution in [0.5, 0.6) is 0 Å². The number of amides is 2. The Bertz CT molecular complexity index is 1390. The van der Waals surface area contributed by atoms with Gasteiger partial charge in [0.25, 0.3) is 0 Å². The van der Waals surface area contributed by atoms with Gasteiger partial charge in [-0.05, 0) is 85.8 Å². The van der Waals surface area contributed by atoms with Gasteiger partial charge in [-0.3, -0.25) is 9.59 Å². The SMILES string of the molecule is NC(=O)CC1CCN(C(=O)/C=C/c2cc(F)c(F)c(F)c2)C(N(O)C2CCC(c3c[nH]c4ccccc34)CC2)C1. The molecule has 0 spiro atoms. The van der Waals surface area contributed by atoms with E-state index in [0.29, 0.717) is 18.8 Å². The molecule has 7 nitrogen and oxygen atoms in total. The molecule has 1 aliphatic carbocycles. The van der Waals surface area contributed by atoms with Crippen LogP contribution < -0.4 is 5.73 Å². The Labute approximate surface area is 230 Å². The summed E-state index contributed by atoms with van der Waals surface area (Å²) in [5, 5.41) is 13.9. The molecule has 2 atom stereocenters. The minimum Gasteiger partial charge on any atom is -0.370 e. The van der Waals surface area contributed by atoms with Crippen molar-refractivity contribution >= 4 is 28.8 Å². The smallest absolute Gasteiger partial charge is 0.247 e. The standard InChI is InChI=1S/C30H33F3N4O3/c31-24-13-18(14-25(32)30(24)33)5-10-29(39)36-12-11-19(15-27(34)38)16-28(36)37(40)21-8-6-20(7-9-21)23-17-35-26-4-2-1-3-22(23)26/h1-5,10,13-14,17,19-21,28,35,40H,6-9,11-12,15-16H2,(H2,34,38)/b10-5+. The Balaban J connectivity index is 1.29. The van der Waals surface area contributed by atoms with Crippen molar-refractivity contribution in [3.05, 3.63) is 77.2 Å². The number of aromatic amines is 1. The molecular formula is C30H33F3N4O3. The summed E-state index contributed by atoms with van der Waals surface area (Å²) in [6.07, 6.45) is 7.99. The molecule has 2 fully saturated rings. The Morgan fingerprint density at radius 1 is 1.07 bits per heavy atom. The van der Waals surface area contributed by atoms with Gasteiger partial charge in [-0.2, -0.15) is 5.06 Å². The summed E-state index contributed by atoms with van der Waals surface area (Å²) in [4.78, 5) is 29.7. The van der Waals surface area contributed by atoms with Gasteiger partial charge in [0.15, 0.2) is 17.5 Å². The van der Waals surface area contributed by atoms with Gasteiger partial charge >= 0.3 is 0 Å². The molecule has 4 N–H and O–H groups in total. The van der Waals surface area contributed by atoms with Gasteiger partial charge in [0, 0.05) is 42.2 Å². The van der Waals surface area contributed by atoms with Crippen LogP contribution in [-0.2, 0) is 9.59 Å². The van der Waals surface area contributed by atoms with E-state index < -0.39 is 35.4 Å². The lowest BCUT2D eigenvalue weighted by Gasteiger charge is -2.45. The van der Waals surface area contributed by atoms with Crippen LogP contribution in [0, 0.1) is 23.4 Å². The molecule has 2 unspecified atom stereocenters. The molecule has 1 saturated heterocycles. The minimum absolute atomic E-state index is 0.00127. The quantitative estimate of drug-likeness (QED) is 0.205. The second-order valence-electron chi connectivity index (χ2n) is 10.9. The third-order valence-electron chi connectivity index (χ3n) is 8.32. The highest BCUT2D eigenvalue weighted by molar-refractivity contribution is 5.92. The van der Waals surface area contributed by atoms with Crippen molar-refractivity contribution in [3.8, 4) is 0 Å². The maximum absolute atomic E-state index is 13.6. The van der Waals surface area contributed by atoms with Crippen molar-refractivity contribution in [3.63, 3.8) is 0 Å². The van der Waals surface area contributed by atoms with E-state index in [4.69, 9.17) is 5.73 Å². The van der Waals surface area contributed by atoms with Crippen molar-refractivity contribution < 1.29 is 28.0 Å². The van der Waals surface area contributed by atoms with E-state index in [1.54, 1.807) is 0 Å². The molecule has 212 valence electrons. The molecule has 3 aromatic rings. The topological polar surface area (TPSA) is 103 Å². The number of hydrogen-bond acceptors (Lipinski definition) is 4. The van der Waals surface area contributed by atoms with Crippen LogP contribution in [0.1, 0.15) is 62.0 Å². The number of carbonyl (C=O) groups is 2. The summed E-state index contributed by atoms with van der Waals surface area (Å²) in [6.45, 7) is 0.277. The molecule has 2 aliphatic rings. The third kappa shape index (κ3) is 5.93. The van der Waals surface area contributed by atoms with Gasteiger partial charge in [-0.25, -0.2) is 13.2 Å². The lowest BCUT2D eigenvalue weighted by atomic mass is 9.81. The average Bonchev–Trinajstić information content (AvgIpc) is 3.38. The average molecular weight is 555 g/mol. The number of aromatic nitrogens is 1. The second kappa shape index (κ2) is 11.9. The highest BCUT2D eigenvalue weighted by Crippen LogP contribution is 2.39. The summed E-state index contributed by atoms with van der Waals surface area (Å²) in [5.41, 5.74) is 7.80. The number of fused-ring (bicyclic) bond motifs is 1. The van der Waals surface area contributed by atoms with Crippen molar-refractivity contribution in [1.82, 2.24) is 14.9 Å².